The van der Waals surface area contributed by atoms with Gasteiger partial charge in [0, 0.05) is 18.0 Å². The Balaban J connectivity index is 1.77. The third-order valence-electron chi connectivity index (χ3n) is 3.92. The number of carbonyl (C=O) groups excluding carboxylic acids is 2. The predicted molar refractivity (Wildman–Crippen MR) is 97.7 cm³/mol. The summed E-state index contributed by atoms with van der Waals surface area (Å²) in [5.74, 6) is -0.736. The van der Waals surface area contributed by atoms with Gasteiger partial charge < -0.3 is 10.6 Å². The molecule has 0 saturated carbocycles. The van der Waals surface area contributed by atoms with Gasteiger partial charge in [-0.05, 0) is 19.1 Å². The zero-order chi connectivity index (χ0) is 20.5. The number of hydrogen-bond acceptors (Lipinski definition) is 7. The molecule has 3 rings (SSSR count). The summed E-state index contributed by atoms with van der Waals surface area (Å²) in [6.45, 7) is 0.889. The SMILES string of the molecule is C[C@H](NC(=O)CN1C(=O)Nc2cccc(Cl)c2S1(=O)=O)c1cnc(C#N)nc1. The number of benzene rings is 1. The first kappa shape index (κ1) is 19.5. The van der Waals surface area contributed by atoms with Crippen molar-refractivity contribution >= 4 is 39.2 Å². The van der Waals surface area contributed by atoms with Crippen LogP contribution in [0, 0.1) is 11.3 Å². The van der Waals surface area contributed by atoms with Gasteiger partial charge in [-0.2, -0.15) is 5.26 Å². The molecule has 0 bridgehead atoms. The normalized spacial score (nSPS) is 15.8. The van der Waals surface area contributed by atoms with Crippen LogP contribution in [-0.2, 0) is 14.8 Å². The Labute approximate surface area is 165 Å². The van der Waals surface area contributed by atoms with Crippen molar-refractivity contribution in [3.05, 3.63) is 47.0 Å². The molecular weight excluding hydrogens is 408 g/mol. The number of hydrogen-bond donors (Lipinski definition) is 2. The van der Waals surface area contributed by atoms with Crippen LogP contribution in [0.3, 0.4) is 0 Å². The number of sulfonamides is 1. The monoisotopic (exact) mass is 420 g/mol. The van der Waals surface area contributed by atoms with Gasteiger partial charge in [0.2, 0.25) is 11.7 Å². The van der Waals surface area contributed by atoms with Crippen molar-refractivity contribution in [3.63, 3.8) is 0 Å². The molecule has 2 heterocycles. The molecule has 1 aliphatic rings. The highest BCUT2D eigenvalue weighted by molar-refractivity contribution is 7.90. The Kier molecular flexibility index (Phi) is 5.17. The number of carbonyl (C=O) groups is 2. The fourth-order valence-corrected chi connectivity index (χ4v) is 4.49. The molecule has 0 fully saturated rings. The molecule has 0 radical (unpaired) electrons. The van der Waals surface area contributed by atoms with E-state index in [1.165, 1.54) is 30.6 Å². The van der Waals surface area contributed by atoms with Gasteiger partial charge >= 0.3 is 6.03 Å². The first-order valence-electron chi connectivity index (χ1n) is 7.87. The lowest BCUT2D eigenvalue weighted by Gasteiger charge is -2.29. The molecule has 0 saturated heterocycles. The van der Waals surface area contributed by atoms with Crippen molar-refractivity contribution in [3.8, 4) is 6.07 Å². The third kappa shape index (κ3) is 3.60. The second-order valence-electron chi connectivity index (χ2n) is 5.80. The summed E-state index contributed by atoms with van der Waals surface area (Å²) in [6, 6.07) is 4.52. The van der Waals surface area contributed by atoms with Crippen LogP contribution in [0.5, 0.6) is 0 Å². The zero-order valence-electron chi connectivity index (χ0n) is 14.4. The third-order valence-corrected chi connectivity index (χ3v) is 6.18. The van der Waals surface area contributed by atoms with E-state index in [0.717, 1.165) is 0 Å². The number of fused-ring (bicyclic) bond motifs is 1. The van der Waals surface area contributed by atoms with Crippen LogP contribution in [0.25, 0.3) is 0 Å². The Bertz CT molecular complexity index is 1100. The first-order valence-corrected chi connectivity index (χ1v) is 9.69. The summed E-state index contributed by atoms with van der Waals surface area (Å²) in [4.78, 5) is 31.9. The highest BCUT2D eigenvalue weighted by Gasteiger charge is 2.39. The number of halogens is 1. The number of urea groups is 1. The highest BCUT2D eigenvalue weighted by atomic mass is 35.5. The van der Waals surface area contributed by atoms with E-state index in [0.29, 0.717) is 9.87 Å². The van der Waals surface area contributed by atoms with Crippen LogP contribution < -0.4 is 10.6 Å². The molecule has 3 amide bonds. The number of nitrogens with one attached hydrogen (secondary N) is 2. The molecule has 0 aliphatic carbocycles. The standard InChI is InChI=1S/C16H13ClN6O4S/c1-9(10-6-19-13(5-18)20-7-10)21-14(24)8-23-16(25)22-12-4-2-3-11(17)15(12)28(23,26)27/h2-4,6-7,9H,8H2,1H3,(H,21,24)(H,22,25)/t9-/m0/s1. The Morgan fingerprint density at radius 2 is 2.07 bits per heavy atom. The summed E-state index contributed by atoms with van der Waals surface area (Å²) in [5, 5.41) is 13.6. The number of aromatic nitrogens is 2. The molecule has 1 atom stereocenters. The maximum absolute atomic E-state index is 12.7. The molecule has 1 aromatic carbocycles. The fraction of sp³-hybridized carbons (Fsp3) is 0.188. The summed E-state index contributed by atoms with van der Waals surface area (Å²) >= 11 is 5.97. The van der Waals surface area contributed by atoms with Crippen molar-refractivity contribution in [2.24, 2.45) is 0 Å². The molecule has 0 unspecified atom stereocenters. The average Bonchev–Trinajstić information content (AvgIpc) is 2.64. The molecule has 1 aliphatic heterocycles. The minimum atomic E-state index is -4.30. The minimum absolute atomic E-state index is 0.0195. The van der Waals surface area contributed by atoms with Crippen molar-refractivity contribution in [2.45, 2.75) is 17.9 Å². The van der Waals surface area contributed by atoms with Crippen molar-refractivity contribution in [1.82, 2.24) is 19.6 Å². The van der Waals surface area contributed by atoms with E-state index in [1.807, 2.05) is 0 Å². The largest absolute Gasteiger partial charge is 0.348 e. The lowest BCUT2D eigenvalue weighted by Crippen LogP contribution is -2.49. The fourth-order valence-electron chi connectivity index (χ4n) is 2.54. The minimum Gasteiger partial charge on any atom is -0.348 e. The molecule has 28 heavy (non-hydrogen) atoms. The average molecular weight is 421 g/mol. The smallest absolute Gasteiger partial charge is 0.336 e. The number of amides is 3. The predicted octanol–water partition coefficient (Wildman–Crippen LogP) is 1.42. The van der Waals surface area contributed by atoms with E-state index in [9.17, 15) is 18.0 Å². The maximum Gasteiger partial charge on any atom is 0.336 e. The van der Waals surface area contributed by atoms with E-state index in [1.54, 1.807) is 13.0 Å². The van der Waals surface area contributed by atoms with E-state index in [-0.39, 0.29) is 21.4 Å². The van der Waals surface area contributed by atoms with Crippen LogP contribution in [0.2, 0.25) is 5.02 Å². The van der Waals surface area contributed by atoms with Crippen LogP contribution in [0.1, 0.15) is 24.4 Å². The summed E-state index contributed by atoms with van der Waals surface area (Å²) in [5.41, 5.74) is 0.559. The molecule has 12 heteroatoms. The number of nitrogens with zero attached hydrogens (tertiary/aromatic N) is 4. The second kappa shape index (κ2) is 7.41. The topological polar surface area (TPSA) is 145 Å². The number of nitriles is 1. The second-order valence-corrected chi connectivity index (χ2v) is 8.01. The lowest BCUT2D eigenvalue weighted by atomic mass is 10.2. The molecule has 2 aromatic rings. The molecule has 1 aromatic heterocycles. The van der Waals surface area contributed by atoms with Gasteiger partial charge in [-0.25, -0.2) is 27.5 Å². The van der Waals surface area contributed by atoms with Gasteiger partial charge in [0.25, 0.3) is 10.0 Å². The quantitative estimate of drug-likeness (QED) is 0.760. The number of anilines is 1. The lowest BCUT2D eigenvalue weighted by molar-refractivity contribution is -0.121. The molecule has 10 nitrogen and oxygen atoms in total. The van der Waals surface area contributed by atoms with E-state index in [2.05, 4.69) is 20.6 Å². The van der Waals surface area contributed by atoms with E-state index >= 15 is 0 Å². The van der Waals surface area contributed by atoms with Crippen LogP contribution in [0.4, 0.5) is 10.5 Å². The summed E-state index contributed by atoms with van der Waals surface area (Å²) in [7, 11) is -4.30. The first-order chi connectivity index (χ1) is 13.2. The number of rotatable bonds is 4. The van der Waals surface area contributed by atoms with Gasteiger partial charge in [-0.1, -0.05) is 17.7 Å². The van der Waals surface area contributed by atoms with Crippen LogP contribution >= 0.6 is 11.6 Å². The maximum atomic E-state index is 12.7. The van der Waals surface area contributed by atoms with Gasteiger partial charge in [-0.15, -0.1) is 0 Å². The molecule has 144 valence electrons. The molecule has 2 N–H and O–H groups in total. The van der Waals surface area contributed by atoms with Gasteiger partial charge in [0.05, 0.1) is 16.8 Å². The Hall–Kier alpha value is -3.23. The Morgan fingerprint density at radius 1 is 1.39 bits per heavy atom. The summed E-state index contributed by atoms with van der Waals surface area (Å²) < 4.78 is 25.9. The highest BCUT2D eigenvalue weighted by Crippen LogP contribution is 2.35. The van der Waals surface area contributed by atoms with E-state index in [4.69, 9.17) is 16.9 Å². The van der Waals surface area contributed by atoms with E-state index < -0.39 is 34.5 Å². The van der Waals surface area contributed by atoms with Crippen molar-refractivity contribution < 1.29 is 18.0 Å². The summed E-state index contributed by atoms with van der Waals surface area (Å²) in [6.07, 6.45) is 2.74. The van der Waals surface area contributed by atoms with Crippen LogP contribution in [-0.4, -0.2) is 41.2 Å². The van der Waals surface area contributed by atoms with Crippen LogP contribution in [0.15, 0.2) is 35.5 Å². The van der Waals surface area contributed by atoms with Gasteiger partial charge in [0.1, 0.15) is 17.5 Å². The van der Waals surface area contributed by atoms with Gasteiger partial charge in [-0.3, -0.25) is 4.79 Å². The molecule has 0 spiro atoms. The zero-order valence-corrected chi connectivity index (χ0v) is 16.0. The molecular formula is C16H13ClN6O4S. The van der Waals surface area contributed by atoms with Crippen molar-refractivity contribution in [2.75, 3.05) is 11.9 Å². The Morgan fingerprint density at radius 3 is 2.71 bits per heavy atom. The van der Waals surface area contributed by atoms with Gasteiger partial charge in [0.15, 0.2) is 0 Å². The van der Waals surface area contributed by atoms with Crippen molar-refractivity contribution in [1.29, 1.82) is 5.26 Å².